The summed E-state index contributed by atoms with van der Waals surface area (Å²) in [5.41, 5.74) is 4.96. The van der Waals surface area contributed by atoms with Crippen molar-refractivity contribution in [1.29, 1.82) is 0 Å². The number of nitro benzene ring substituents is 1. The van der Waals surface area contributed by atoms with E-state index in [0.29, 0.717) is 5.82 Å². The van der Waals surface area contributed by atoms with Crippen LogP contribution in [0.1, 0.15) is 5.56 Å². The second kappa shape index (κ2) is 7.41. The van der Waals surface area contributed by atoms with Gasteiger partial charge in [-0.2, -0.15) is 5.10 Å². The number of hydrogen-bond donors (Lipinski definition) is 2. The van der Waals surface area contributed by atoms with Gasteiger partial charge in [0.2, 0.25) is 0 Å². The molecule has 0 atom stereocenters. The van der Waals surface area contributed by atoms with Crippen molar-refractivity contribution in [2.45, 2.75) is 0 Å². The largest absolute Gasteiger partial charge is 0.507 e. The number of non-ortho nitro benzene ring substituents is 1. The molecule has 2 aromatic heterocycles. The lowest BCUT2D eigenvalue weighted by molar-refractivity contribution is -0.384. The quantitative estimate of drug-likeness (QED) is 0.296. The van der Waals surface area contributed by atoms with E-state index in [1.165, 1.54) is 42.1 Å². The summed E-state index contributed by atoms with van der Waals surface area (Å²) in [5.74, 6) is 0.399. The molecule has 138 valence electrons. The third-order valence-electron chi connectivity index (χ3n) is 4.05. The van der Waals surface area contributed by atoms with Crippen molar-refractivity contribution in [3.8, 4) is 16.9 Å². The zero-order valence-corrected chi connectivity index (χ0v) is 15.1. The lowest BCUT2D eigenvalue weighted by Crippen LogP contribution is -1.96. The van der Waals surface area contributed by atoms with Crippen molar-refractivity contribution in [2.24, 2.45) is 5.10 Å². The van der Waals surface area contributed by atoms with E-state index in [1.54, 1.807) is 0 Å². The van der Waals surface area contributed by atoms with Gasteiger partial charge in [0, 0.05) is 28.6 Å². The minimum Gasteiger partial charge on any atom is -0.507 e. The number of nitrogens with zero attached hydrogens (tertiary/aromatic N) is 4. The normalized spacial score (nSPS) is 11.1. The van der Waals surface area contributed by atoms with E-state index in [1.807, 2.05) is 35.7 Å². The second-order valence-corrected chi connectivity index (χ2v) is 6.65. The van der Waals surface area contributed by atoms with Gasteiger partial charge in [-0.15, -0.1) is 11.3 Å². The van der Waals surface area contributed by atoms with Crippen molar-refractivity contribution in [3.05, 3.63) is 75.9 Å². The topological polar surface area (TPSA) is 114 Å². The number of rotatable bonds is 5. The Morgan fingerprint density at radius 1 is 1.18 bits per heavy atom. The summed E-state index contributed by atoms with van der Waals surface area (Å²) in [4.78, 5) is 19.7. The van der Waals surface area contributed by atoms with Crippen molar-refractivity contribution in [2.75, 3.05) is 5.43 Å². The van der Waals surface area contributed by atoms with Gasteiger partial charge in [0.1, 0.15) is 16.9 Å². The molecule has 28 heavy (non-hydrogen) atoms. The minimum atomic E-state index is -0.532. The molecule has 0 radical (unpaired) electrons. The molecule has 0 spiro atoms. The molecule has 0 aliphatic rings. The van der Waals surface area contributed by atoms with Crippen LogP contribution in [0.25, 0.3) is 21.3 Å². The van der Waals surface area contributed by atoms with Crippen molar-refractivity contribution in [3.63, 3.8) is 0 Å². The predicted octanol–water partition coefficient (Wildman–Crippen LogP) is 4.42. The van der Waals surface area contributed by atoms with E-state index in [4.69, 9.17) is 0 Å². The third-order valence-corrected chi connectivity index (χ3v) is 4.94. The summed E-state index contributed by atoms with van der Waals surface area (Å²) in [7, 11) is 0. The highest BCUT2D eigenvalue weighted by atomic mass is 32.1. The Balaban J connectivity index is 1.68. The number of phenolic OH excluding ortho intramolecular Hbond substituents is 1. The fourth-order valence-electron chi connectivity index (χ4n) is 2.71. The highest BCUT2D eigenvalue weighted by Gasteiger charge is 2.13. The molecule has 0 amide bonds. The number of anilines is 1. The Morgan fingerprint density at radius 2 is 2.00 bits per heavy atom. The van der Waals surface area contributed by atoms with Gasteiger partial charge in [0.15, 0.2) is 5.82 Å². The van der Waals surface area contributed by atoms with E-state index in [9.17, 15) is 15.2 Å². The molecule has 9 heteroatoms. The zero-order chi connectivity index (χ0) is 19.5. The first-order valence-electron chi connectivity index (χ1n) is 8.17. The van der Waals surface area contributed by atoms with Gasteiger partial charge >= 0.3 is 0 Å². The molecule has 0 fully saturated rings. The maximum absolute atomic E-state index is 10.9. The molecule has 0 unspecified atom stereocenters. The van der Waals surface area contributed by atoms with Crippen LogP contribution in [0.4, 0.5) is 11.5 Å². The second-order valence-electron chi connectivity index (χ2n) is 5.79. The van der Waals surface area contributed by atoms with E-state index < -0.39 is 4.92 Å². The number of benzene rings is 2. The van der Waals surface area contributed by atoms with Crippen molar-refractivity contribution in [1.82, 2.24) is 9.97 Å². The van der Waals surface area contributed by atoms with Gasteiger partial charge < -0.3 is 5.11 Å². The molecular weight excluding hydrogens is 378 g/mol. The summed E-state index contributed by atoms with van der Waals surface area (Å²) in [6, 6.07) is 13.6. The number of phenols is 1. The molecule has 4 rings (SSSR count). The van der Waals surface area contributed by atoms with E-state index >= 15 is 0 Å². The first-order valence-corrected chi connectivity index (χ1v) is 9.05. The molecule has 2 heterocycles. The Hall–Kier alpha value is -3.85. The molecule has 4 aromatic rings. The van der Waals surface area contributed by atoms with E-state index in [0.717, 1.165) is 21.3 Å². The number of nitro groups is 1. The lowest BCUT2D eigenvalue weighted by Gasteiger charge is -2.05. The molecular formula is C19H13N5O3S. The molecule has 2 aromatic carbocycles. The molecule has 8 nitrogen and oxygen atoms in total. The number of aromatic hydroxyl groups is 1. The standard InChI is InChI=1S/C19H13N5O3S/c25-16-7-6-14(24(26)27)8-13(16)9-22-23-18-17-15(12-4-2-1-3-5-12)10-28-19(17)21-11-20-18/h1-11,25H,(H,20,21,23)/b22-9+. The zero-order valence-electron chi connectivity index (χ0n) is 14.3. The van der Waals surface area contributed by atoms with Crippen molar-refractivity contribution < 1.29 is 10.0 Å². The van der Waals surface area contributed by atoms with Gasteiger partial charge in [-0.25, -0.2) is 9.97 Å². The van der Waals surface area contributed by atoms with Gasteiger partial charge in [-0.3, -0.25) is 15.5 Å². The highest BCUT2D eigenvalue weighted by molar-refractivity contribution is 7.17. The fourth-order valence-corrected chi connectivity index (χ4v) is 3.63. The summed E-state index contributed by atoms with van der Waals surface area (Å²) in [5, 5.41) is 27.7. The molecule has 0 saturated carbocycles. The number of hydrazone groups is 1. The first kappa shape index (κ1) is 17.6. The third kappa shape index (κ3) is 3.38. The fraction of sp³-hybridized carbons (Fsp3) is 0. The van der Waals surface area contributed by atoms with Crippen LogP contribution in [-0.4, -0.2) is 26.2 Å². The van der Waals surface area contributed by atoms with Crippen LogP contribution in [0.15, 0.2) is 65.3 Å². The molecule has 0 aliphatic heterocycles. The van der Waals surface area contributed by atoms with Crippen LogP contribution in [0.2, 0.25) is 0 Å². The van der Waals surface area contributed by atoms with Crippen LogP contribution >= 0.6 is 11.3 Å². The number of aromatic nitrogens is 2. The average molecular weight is 391 g/mol. The molecule has 0 bridgehead atoms. The Morgan fingerprint density at radius 3 is 2.79 bits per heavy atom. The SMILES string of the molecule is O=[N+]([O-])c1ccc(O)c(/C=N/Nc2ncnc3scc(-c4ccccc4)c23)c1. The summed E-state index contributed by atoms with van der Waals surface area (Å²) < 4.78 is 0. The minimum absolute atomic E-state index is 0.107. The lowest BCUT2D eigenvalue weighted by atomic mass is 10.1. The summed E-state index contributed by atoms with van der Waals surface area (Å²) >= 11 is 1.50. The maximum atomic E-state index is 10.9. The Kier molecular flexibility index (Phi) is 4.65. The average Bonchev–Trinajstić information content (AvgIpc) is 3.15. The van der Waals surface area contributed by atoms with Crippen LogP contribution in [0, 0.1) is 10.1 Å². The monoisotopic (exact) mass is 391 g/mol. The maximum Gasteiger partial charge on any atom is 0.270 e. The van der Waals surface area contributed by atoms with Crippen LogP contribution in [0.5, 0.6) is 5.75 Å². The predicted molar refractivity (Wildman–Crippen MR) is 109 cm³/mol. The Labute approximate surface area is 163 Å². The number of hydrogen-bond acceptors (Lipinski definition) is 8. The summed E-state index contributed by atoms with van der Waals surface area (Å²) in [6.45, 7) is 0. The molecule has 2 N–H and O–H groups in total. The first-order chi connectivity index (χ1) is 13.6. The smallest absolute Gasteiger partial charge is 0.270 e. The van der Waals surface area contributed by atoms with E-state index in [2.05, 4.69) is 20.5 Å². The van der Waals surface area contributed by atoms with Crippen LogP contribution in [-0.2, 0) is 0 Å². The van der Waals surface area contributed by atoms with Gasteiger partial charge in [0.05, 0.1) is 16.5 Å². The number of thiophene rings is 1. The molecule has 0 aliphatic carbocycles. The highest BCUT2D eigenvalue weighted by Crippen LogP contribution is 2.36. The van der Waals surface area contributed by atoms with Gasteiger partial charge in [0.25, 0.3) is 5.69 Å². The van der Waals surface area contributed by atoms with Crippen molar-refractivity contribution >= 4 is 39.3 Å². The molecule has 0 saturated heterocycles. The number of fused-ring (bicyclic) bond motifs is 1. The summed E-state index contributed by atoms with van der Waals surface area (Å²) in [6.07, 6.45) is 2.75. The Bertz CT molecular complexity index is 1190. The van der Waals surface area contributed by atoms with E-state index in [-0.39, 0.29) is 17.0 Å². The van der Waals surface area contributed by atoms with Gasteiger partial charge in [-0.05, 0) is 11.6 Å². The van der Waals surface area contributed by atoms with Crippen LogP contribution in [0.3, 0.4) is 0 Å². The van der Waals surface area contributed by atoms with Crippen LogP contribution < -0.4 is 5.43 Å². The van der Waals surface area contributed by atoms with Gasteiger partial charge in [-0.1, -0.05) is 30.3 Å². The number of nitrogens with one attached hydrogen (secondary N) is 1.